The minimum absolute atomic E-state index is 0.160. The fourth-order valence-electron chi connectivity index (χ4n) is 2.83. The number of nitrogens with zero attached hydrogens (tertiary/aromatic N) is 3. The SMILES string of the molecule is Cc1cn(C)c([C@@H]2CN(C(=O)c3ccc(C)[nH]c3=O)CCO2)n1. The van der Waals surface area contributed by atoms with Crippen LogP contribution in [0.2, 0.25) is 0 Å². The predicted molar refractivity (Wildman–Crippen MR) is 84.3 cm³/mol. The van der Waals surface area contributed by atoms with Gasteiger partial charge in [0.05, 0.1) is 18.8 Å². The van der Waals surface area contributed by atoms with Crippen LogP contribution in [0.25, 0.3) is 0 Å². The van der Waals surface area contributed by atoms with Crippen molar-refractivity contribution in [1.29, 1.82) is 0 Å². The van der Waals surface area contributed by atoms with Gasteiger partial charge in [0.1, 0.15) is 17.5 Å². The first-order valence-electron chi connectivity index (χ1n) is 7.56. The lowest BCUT2D eigenvalue weighted by atomic mass is 10.2. The summed E-state index contributed by atoms with van der Waals surface area (Å²) in [5, 5.41) is 0. The van der Waals surface area contributed by atoms with Crippen LogP contribution >= 0.6 is 0 Å². The van der Waals surface area contributed by atoms with Gasteiger partial charge in [-0.3, -0.25) is 9.59 Å². The summed E-state index contributed by atoms with van der Waals surface area (Å²) in [4.78, 5) is 33.4. The minimum atomic E-state index is -0.356. The molecule has 0 bridgehead atoms. The summed E-state index contributed by atoms with van der Waals surface area (Å²) in [6, 6.07) is 3.31. The number of imidazole rings is 1. The molecule has 1 saturated heterocycles. The number of aromatic amines is 1. The zero-order valence-electron chi connectivity index (χ0n) is 13.5. The number of ether oxygens (including phenoxy) is 1. The first kappa shape index (κ1) is 15.5. The molecule has 1 aliphatic heterocycles. The molecular formula is C16H20N4O3. The highest BCUT2D eigenvalue weighted by Crippen LogP contribution is 2.22. The van der Waals surface area contributed by atoms with Crippen molar-refractivity contribution in [3.63, 3.8) is 0 Å². The number of carbonyl (C=O) groups is 1. The molecule has 122 valence electrons. The Kier molecular flexibility index (Phi) is 4.04. The summed E-state index contributed by atoms with van der Waals surface area (Å²) >= 11 is 0. The van der Waals surface area contributed by atoms with Crippen molar-refractivity contribution in [3.8, 4) is 0 Å². The molecule has 0 aliphatic carbocycles. The van der Waals surface area contributed by atoms with E-state index in [0.29, 0.717) is 19.7 Å². The van der Waals surface area contributed by atoms with E-state index in [1.807, 2.05) is 24.7 Å². The molecule has 0 spiro atoms. The minimum Gasteiger partial charge on any atom is -0.367 e. The van der Waals surface area contributed by atoms with E-state index < -0.39 is 0 Å². The van der Waals surface area contributed by atoms with E-state index in [0.717, 1.165) is 17.2 Å². The fraction of sp³-hybridized carbons (Fsp3) is 0.438. The molecule has 0 radical (unpaired) electrons. The number of aryl methyl sites for hydroxylation is 3. The van der Waals surface area contributed by atoms with Crippen LogP contribution in [0.4, 0.5) is 0 Å². The van der Waals surface area contributed by atoms with Gasteiger partial charge in [0.15, 0.2) is 0 Å². The molecule has 1 amide bonds. The van der Waals surface area contributed by atoms with Crippen LogP contribution in [-0.2, 0) is 11.8 Å². The van der Waals surface area contributed by atoms with E-state index in [9.17, 15) is 9.59 Å². The molecule has 3 rings (SSSR count). The van der Waals surface area contributed by atoms with Gasteiger partial charge >= 0.3 is 0 Å². The van der Waals surface area contributed by atoms with Crippen molar-refractivity contribution >= 4 is 5.91 Å². The van der Waals surface area contributed by atoms with Crippen molar-refractivity contribution in [2.45, 2.75) is 20.0 Å². The molecule has 1 N–H and O–H groups in total. The van der Waals surface area contributed by atoms with E-state index in [1.54, 1.807) is 24.0 Å². The zero-order valence-corrected chi connectivity index (χ0v) is 13.5. The van der Waals surface area contributed by atoms with Gasteiger partial charge in [-0.25, -0.2) is 4.98 Å². The van der Waals surface area contributed by atoms with E-state index in [4.69, 9.17) is 4.74 Å². The van der Waals surface area contributed by atoms with Crippen LogP contribution in [-0.4, -0.2) is 45.0 Å². The quantitative estimate of drug-likeness (QED) is 0.894. The molecule has 0 aromatic carbocycles. The van der Waals surface area contributed by atoms with Gasteiger partial charge < -0.3 is 19.2 Å². The smallest absolute Gasteiger partial charge is 0.260 e. The molecule has 7 heteroatoms. The lowest BCUT2D eigenvalue weighted by Crippen LogP contribution is -2.44. The Labute approximate surface area is 133 Å². The molecule has 2 aromatic heterocycles. The molecule has 23 heavy (non-hydrogen) atoms. The zero-order chi connectivity index (χ0) is 16.6. The van der Waals surface area contributed by atoms with Gasteiger partial charge in [0.25, 0.3) is 11.5 Å². The van der Waals surface area contributed by atoms with Gasteiger partial charge in [-0.2, -0.15) is 0 Å². The van der Waals surface area contributed by atoms with Gasteiger partial charge in [0.2, 0.25) is 0 Å². The summed E-state index contributed by atoms with van der Waals surface area (Å²) in [6.07, 6.45) is 1.64. The van der Waals surface area contributed by atoms with Gasteiger partial charge in [-0.1, -0.05) is 0 Å². The Balaban J connectivity index is 1.82. The highest BCUT2D eigenvalue weighted by molar-refractivity contribution is 5.93. The molecule has 1 aliphatic rings. The van der Waals surface area contributed by atoms with Crippen molar-refractivity contribution in [3.05, 3.63) is 51.5 Å². The topological polar surface area (TPSA) is 80.2 Å². The highest BCUT2D eigenvalue weighted by Gasteiger charge is 2.29. The number of amides is 1. The molecule has 1 fully saturated rings. The van der Waals surface area contributed by atoms with Crippen molar-refractivity contribution in [2.75, 3.05) is 19.7 Å². The van der Waals surface area contributed by atoms with Crippen LogP contribution < -0.4 is 5.56 Å². The molecule has 2 aromatic rings. The number of pyridine rings is 1. The first-order chi connectivity index (χ1) is 11.0. The molecule has 3 heterocycles. The number of nitrogens with one attached hydrogen (secondary N) is 1. The summed E-state index contributed by atoms with van der Waals surface area (Å²) in [7, 11) is 1.91. The average molecular weight is 316 g/mol. The fourth-order valence-corrected chi connectivity index (χ4v) is 2.83. The third-order valence-corrected chi connectivity index (χ3v) is 3.96. The van der Waals surface area contributed by atoms with Gasteiger partial charge in [0, 0.05) is 25.5 Å². The molecule has 1 atom stereocenters. The number of morpholine rings is 1. The van der Waals surface area contributed by atoms with E-state index >= 15 is 0 Å². The third-order valence-electron chi connectivity index (χ3n) is 3.96. The number of H-pyrrole nitrogens is 1. The second kappa shape index (κ2) is 6.00. The molecule has 0 saturated carbocycles. The standard InChI is InChI=1S/C16H20N4O3/c1-10-4-5-12(15(21)18-10)16(22)20-6-7-23-13(9-20)14-17-11(2)8-19(14)3/h4-5,8,13H,6-7,9H2,1-3H3,(H,18,21)/t13-/m0/s1. The maximum absolute atomic E-state index is 12.6. The number of rotatable bonds is 2. The summed E-state index contributed by atoms with van der Waals surface area (Å²) in [5.74, 6) is 0.517. The van der Waals surface area contributed by atoms with Gasteiger partial charge in [-0.15, -0.1) is 0 Å². The van der Waals surface area contributed by atoms with Crippen molar-refractivity contribution < 1.29 is 9.53 Å². The highest BCUT2D eigenvalue weighted by atomic mass is 16.5. The number of aromatic nitrogens is 3. The maximum atomic E-state index is 12.6. The summed E-state index contributed by atoms with van der Waals surface area (Å²) in [5.41, 5.74) is 1.44. The maximum Gasteiger partial charge on any atom is 0.260 e. The van der Waals surface area contributed by atoms with Gasteiger partial charge in [-0.05, 0) is 26.0 Å². The molecule has 0 unspecified atom stereocenters. The second-order valence-electron chi connectivity index (χ2n) is 5.85. The largest absolute Gasteiger partial charge is 0.367 e. The Hall–Kier alpha value is -2.41. The monoisotopic (exact) mass is 316 g/mol. The molecule has 7 nitrogen and oxygen atoms in total. The Morgan fingerprint density at radius 3 is 2.83 bits per heavy atom. The van der Waals surface area contributed by atoms with Crippen molar-refractivity contribution in [1.82, 2.24) is 19.4 Å². The lowest BCUT2D eigenvalue weighted by molar-refractivity contribution is -0.0280. The molecular weight excluding hydrogens is 296 g/mol. The summed E-state index contributed by atoms with van der Waals surface area (Å²) < 4.78 is 7.67. The van der Waals surface area contributed by atoms with E-state index in [1.165, 1.54) is 0 Å². The third kappa shape index (κ3) is 3.05. The van der Waals surface area contributed by atoms with Crippen LogP contribution in [0.15, 0.2) is 23.1 Å². The Morgan fingerprint density at radius 1 is 1.39 bits per heavy atom. The van der Waals surface area contributed by atoms with Crippen LogP contribution in [0.1, 0.15) is 33.7 Å². The number of hydrogen-bond donors (Lipinski definition) is 1. The van der Waals surface area contributed by atoms with Crippen molar-refractivity contribution in [2.24, 2.45) is 7.05 Å². The number of hydrogen-bond acceptors (Lipinski definition) is 4. The van der Waals surface area contributed by atoms with E-state index in [-0.39, 0.29) is 23.1 Å². The van der Waals surface area contributed by atoms with Crippen LogP contribution in [0.3, 0.4) is 0 Å². The van der Waals surface area contributed by atoms with Crippen LogP contribution in [0.5, 0.6) is 0 Å². The normalized spacial score (nSPS) is 18.2. The Morgan fingerprint density at radius 2 is 2.17 bits per heavy atom. The average Bonchev–Trinajstić information content (AvgIpc) is 2.85. The first-order valence-corrected chi connectivity index (χ1v) is 7.56. The summed E-state index contributed by atoms with van der Waals surface area (Å²) in [6.45, 7) is 4.97. The predicted octanol–water partition coefficient (Wildman–Crippen LogP) is 0.939. The van der Waals surface area contributed by atoms with E-state index in [2.05, 4.69) is 9.97 Å². The Bertz CT molecular complexity index is 793. The number of carbonyl (C=O) groups excluding carboxylic acids is 1. The lowest BCUT2D eigenvalue weighted by Gasteiger charge is -2.32. The van der Waals surface area contributed by atoms with Crippen LogP contribution in [0, 0.1) is 13.8 Å². The second-order valence-corrected chi connectivity index (χ2v) is 5.85.